The zero-order chi connectivity index (χ0) is 18.8. The minimum Gasteiger partial charge on any atom is -0.469 e. The summed E-state index contributed by atoms with van der Waals surface area (Å²) in [5.41, 5.74) is 6.69. The smallest absolute Gasteiger partial charge is 0.407 e. The Bertz CT molecular complexity index is 524. The molecule has 0 saturated heterocycles. The number of anilines is 1. The van der Waals surface area contributed by atoms with Gasteiger partial charge in [-0.1, -0.05) is 26.0 Å². The maximum Gasteiger partial charge on any atom is 0.407 e. The fourth-order valence-corrected chi connectivity index (χ4v) is 1.94. The number of nitrogen functional groups attached to an aromatic ring is 1. The molecule has 0 radical (unpaired) electrons. The van der Waals surface area contributed by atoms with Gasteiger partial charge < -0.3 is 20.5 Å². The van der Waals surface area contributed by atoms with Gasteiger partial charge in [0.05, 0.1) is 13.5 Å². The molecule has 0 aromatic heterocycles. The molecule has 0 unspecified atom stereocenters. The summed E-state index contributed by atoms with van der Waals surface area (Å²) in [6.45, 7) is 9.33. The lowest BCUT2D eigenvalue weighted by atomic mass is 10.0. The average molecular weight is 338 g/mol. The van der Waals surface area contributed by atoms with E-state index in [1.165, 1.54) is 7.11 Å². The van der Waals surface area contributed by atoms with E-state index in [0.717, 1.165) is 5.56 Å². The number of ether oxygens (including phenoxy) is 2. The van der Waals surface area contributed by atoms with Crippen LogP contribution in [-0.4, -0.2) is 30.8 Å². The van der Waals surface area contributed by atoms with Crippen molar-refractivity contribution >= 4 is 17.7 Å². The highest BCUT2D eigenvalue weighted by molar-refractivity contribution is 5.73. The van der Waals surface area contributed by atoms with Crippen molar-refractivity contribution in [1.82, 2.24) is 5.32 Å². The standard InChI is InChI=1S/C16H24N2O4.C2H6/c1-16(2,3)22-15(20)18-13(10-14(19)21-4)9-11-6-5-7-12(17)8-11;1-2/h5-8,13H,9-10,17H2,1-4H3,(H,18,20);1-2H3/t13-;/m0./s1. The summed E-state index contributed by atoms with van der Waals surface area (Å²) in [6, 6.07) is 6.87. The summed E-state index contributed by atoms with van der Waals surface area (Å²) in [7, 11) is 1.31. The quantitative estimate of drug-likeness (QED) is 0.635. The Kier molecular flexibility index (Phi) is 9.54. The van der Waals surface area contributed by atoms with Crippen LogP contribution < -0.4 is 11.1 Å². The Hall–Kier alpha value is -2.24. The molecule has 1 amide bonds. The topological polar surface area (TPSA) is 90.6 Å². The maximum atomic E-state index is 11.9. The summed E-state index contributed by atoms with van der Waals surface area (Å²) in [5, 5.41) is 2.70. The van der Waals surface area contributed by atoms with Crippen molar-refractivity contribution in [2.75, 3.05) is 12.8 Å². The van der Waals surface area contributed by atoms with Crippen LogP contribution in [0.3, 0.4) is 0 Å². The lowest BCUT2D eigenvalue weighted by Crippen LogP contribution is -2.41. The van der Waals surface area contributed by atoms with E-state index >= 15 is 0 Å². The van der Waals surface area contributed by atoms with Crippen molar-refractivity contribution < 1.29 is 19.1 Å². The second kappa shape index (κ2) is 10.5. The first-order valence-electron chi connectivity index (χ1n) is 8.10. The molecule has 136 valence electrons. The Morgan fingerprint density at radius 1 is 1.25 bits per heavy atom. The molecule has 0 spiro atoms. The molecule has 0 aliphatic rings. The van der Waals surface area contributed by atoms with Crippen LogP contribution in [0.1, 0.15) is 46.6 Å². The number of carbonyl (C=O) groups is 2. The van der Waals surface area contributed by atoms with Crippen LogP contribution in [0.2, 0.25) is 0 Å². The molecular weight excluding hydrogens is 308 g/mol. The van der Waals surface area contributed by atoms with E-state index in [-0.39, 0.29) is 6.42 Å². The number of esters is 1. The molecule has 1 atom stereocenters. The lowest BCUT2D eigenvalue weighted by Gasteiger charge is -2.23. The van der Waals surface area contributed by atoms with Gasteiger partial charge in [0, 0.05) is 11.7 Å². The number of hydrogen-bond donors (Lipinski definition) is 2. The fraction of sp³-hybridized carbons (Fsp3) is 0.556. The van der Waals surface area contributed by atoms with E-state index in [9.17, 15) is 9.59 Å². The number of nitrogens with two attached hydrogens (primary N) is 1. The van der Waals surface area contributed by atoms with Gasteiger partial charge in [-0.3, -0.25) is 4.79 Å². The number of amides is 1. The van der Waals surface area contributed by atoms with E-state index in [0.29, 0.717) is 12.1 Å². The van der Waals surface area contributed by atoms with Crippen LogP contribution in [0.4, 0.5) is 10.5 Å². The van der Waals surface area contributed by atoms with Gasteiger partial charge in [0.1, 0.15) is 5.60 Å². The Morgan fingerprint density at radius 2 is 1.88 bits per heavy atom. The molecule has 1 aromatic carbocycles. The SMILES string of the molecule is CC.COC(=O)C[C@H](Cc1cccc(N)c1)NC(=O)OC(C)(C)C. The highest BCUT2D eigenvalue weighted by atomic mass is 16.6. The Balaban J connectivity index is 0.00000254. The summed E-state index contributed by atoms with van der Waals surface area (Å²) >= 11 is 0. The van der Waals surface area contributed by atoms with Crippen LogP contribution in [0, 0.1) is 0 Å². The van der Waals surface area contributed by atoms with Gasteiger partial charge in [-0.15, -0.1) is 0 Å². The zero-order valence-corrected chi connectivity index (χ0v) is 15.5. The van der Waals surface area contributed by atoms with Crippen LogP contribution in [-0.2, 0) is 20.7 Å². The number of nitrogens with one attached hydrogen (secondary N) is 1. The van der Waals surface area contributed by atoms with Gasteiger partial charge in [-0.05, 0) is 44.9 Å². The number of alkyl carbamates (subject to hydrolysis) is 1. The predicted molar refractivity (Wildman–Crippen MR) is 95.7 cm³/mol. The average Bonchev–Trinajstić information content (AvgIpc) is 2.47. The molecule has 0 heterocycles. The first kappa shape index (κ1) is 21.8. The monoisotopic (exact) mass is 338 g/mol. The molecular formula is C18H30N2O4. The third-order valence-electron chi connectivity index (χ3n) is 2.79. The minimum absolute atomic E-state index is 0.0601. The molecule has 1 aromatic rings. The van der Waals surface area contributed by atoms with Gasteiger partial charge in [-0.25, -0.2) is 4.79 Å². The summed E-state index contributed by atoms with van der Waals surface area (Å²) in [5.74, 6) is -0.398. The predicted octanol–water partition coefficient (Wildman–Crippen LogP) is 3.29. The van der Waals surface area contributed by atoms with Gasteiger partial charge >= 0.3 is 12.1 Å². The van der Waals surface area contributed by atoms with Crippen molar-refractivity contribution in [3.05, 3.63) is 29.8 Å². The highest BCUT2D eigenvalue weighted by Gasteiger charge is 2.22. The lowest BCUT2D eigenvalue weighted by molar-refractivity contribution is -0.141. The van der Waals surface area contributed by atoms with Gasteiger partial charge in [0.25, 0.3) is 0 Å². The summed E-state index contributed by atoms with van der Waals surface area (Å²) in [6.07, 6.45) is -0.0467. The molecule has 0 saturated carbocycles. The molecule has 0 aliphatic carbocycles. The molecule has 6 nitrogen and oxygen atoms in total. The second-order valence-electron chi connectivity index (χ2n) is 6.07. The number of carbonyl (C=O) groups excluding carboxylic acids is 2. The minimum atomic E-state index is -0.600. The van der Waals surface area contributed by atoms with Crippen LogP contribution >= 0.6 is 0 Å². The van der Waals surface area contributed by atoms with Gasteiger partial charge in [0.2, 0.25) is 0 Å². The van der Waals surface area contributed by atoms with Gasteiger partial charge in [-0.2, -0.15) is 0 Å². The van der Waals surface area contributed by atoms with E-state index in [1.807, 2.05) is 26.0 Å². The zero-order valence-electron chi connectivity index (χ0n) is 15.5. The normalized spacial score (nSPS) is 11.6. The number of rotatable bonds is 5. The fourth-order valence-electron chi connectivity index (χ4n) is 1.94. The second-order valence-corrected chi connectivity index (χ2v) is 6.07. The number of hydrogen-bond acceptors (Lipinski definition) is 5. The van der Waals surface area contributed by atoms with E-state index in [1.54, 1.807) is 32.9 Å². The summed E-state index contributed by atoms with van der Waals surface area (Å²) < 4.78 is 9.89. The first-order chi connectivity index (χ1) is 11.2. The van der Waals surface area contributed by atoms with Crippen LogP contribution in [0.25, 0.3) is 0 Å². The Morgan fingerprint density at radius 3 is 2.38 bits per heavy atom. The van der Waals surface area contributed by atoms with Crippen LogP contribution in [0.5, 0.6) is 0 Å². The molecule has 0 bridgehead atoms. The largest absolute Gasteiger partial charge is 0.469 e. The van der Waals surface area contributed by atoms with Gasteiger partial charge in [0.15, 0.2) is 0 Å². The third kappa shape index (κ3) is 9.71. The van der Waals surface area contributed by atoms with Crippen molar-refractivity contribution in [2.45, 2.75) is 59.1 Å². The highest BCUT2D eigenvalue weighted by Crippen LogP contribution is 2.12. The van der Waals surface area contributed by atoms with Crippen molar-refractivity contribution in [3.8, 4) is 0 Å². The number of benzene rings is 1. The van der Waals surface area contributed by atoms with Crippen molar-refractivity contribution in [1.29, 1.82) is 0 Å². The van der Waals surface area contributed by atoms with Crippen molar-refractivity contribution in [2.24, 2.45) is 0 Å². The van der Waals surface area contributed by atoms with E-state index in [4.69, 9.17) is 10.5 Å². The Labute approximate surface area is 144 Å². The molecule has 0 aliphatic heterocycles. The van der Waals surface area contributed by atoms with E-state index in [2.05, 4.69) is 10.1 Å². The molecule has 3 N–H and O–H groups in total. The first-order valence-corrected chi connectivity index (χ1v) is 8.10. The maximum absolute atomic E-state index is 11.9. The van der Waals surface area contributed by atoms with Crippen LogP contribution in [0.15, 0.2) is 24.3 Å². The van der Waals surface area contributed by atoms with Crippen molar-refractivity contribution in [3.63, 3.8) is 0 Å². The molecule has 0 fully saturated rings. The number of methoxy groups -OCH3 is 1. The third-order valence-corrected chi connectivity index (χ3v) is 2.79. The molecule has 1 rings (SSSR count). The summed E-state index contributed by atoms with van der Waals surface area (Å²) in [4.78, 5) is 23.4. The van der Waals surface area contributed by atoms with E-state index < -0.39 is 23.7 Å². The molecule has 24 heavy (non-hydrogen) atoms. The molecule has 6 heteroatoms.